The molecule has 0 bridgehead atoms. The van der Waals surface area contributed by atoms with Crippen molar-refractivity contribution in [3.05, 3.63) is 24.3 Å². The number of hydrogen-bond donors (Lipinski definition) is 1. The predicted molar refractivity (Wildman–Crippen MR) is 83.0 cm³/mol. The molecule has 6 heteroatoms. The third-order valence-electron chi connectivity index (χ3n) is 3.18. The molecule has 0 atom stereocenters. The Hall–Kier alpha value is -1.11. The molecule has 21 heavy (non-hydrogen) atoms. The quantitative estimate of drug-likeness (QED) is 0.673. The summed E-state index contributed by atoms with van der Waals surface area (Å²) in [6, 6.07) is 6.40. The standard InChI is InChI=1S/C15H25NO4S/c1-3-4-5-11-16(2)21(18,19)15-9-7-14(8-10-15)20-13-6-12-17/h7-10,17H,3-6,11-13H2,1-2H3. The molecule has 0 spiro atoms. The zero-order valence-electron chi connectivity index (χ0n) is 12.8. The number of rotatable bonds is 10. The van der Waals surface area contributed by atoms with Crippen molar-refractivity contribution in [2.75, 3.05) is 26.8 Å². The first-order valence-electron chi connectivity index (χ1n) is 7.32. The summed E-state index contributed by atoms with van der Waals surface area (Å²) in [6.45, 7) is 3.11. The van der Waals surface area contributed by atoms with Gasteiger partial charge in [0, 0.05) is 26.6 Å². The number of sulfonamides is 1. The number of nitrogens with zero attached hydrogens (tertiary/aromatic N) is 1. The molecule has 0 aromatic heterocycles. The van der Waals surface area contributed by atoms with E-state index in [1.807, 2.05) is 0 Å². The number of unbranched alkanes of at least 4 members (excludes halogenated alkanes) is 2. The fraction of sp³-hybridized carbons (Fsp3) is 0.600. The fourth-order valence-corrected chi connectivity index (χ4v) is 3.06. The lowest BCUT2D eigenvalue weighted by atomic mass is 10.2. The van der Waals surface area contributed by atoms with Crippen LogP contribution >= 0.6 is 0 Å². The SMILES string of the molecule is CCCCCN(C)S(=O)(=O)c1ccc(OCCCO)cc1. The van der Waals surface area contributed by atoms with Crippen LogP contribution in [0.25, 0.3) is 0 Å². The zero-order chi connectivity index (χ0) is 15.7. The van der Waals surface area contributed by atoms with Crippen molar-refractivity contribution >= 4 is 10.0 Å². The molecular weight excluding hydrogens is 290 g/mol. The van der Waals surface area contributed by atoms with Gasteiger partial charge >= 0.3 is 0 Å². The highest BCUT2D eigenvalue weighted by Gasteiger charge is 2.19. The molecule has 120 valence electrons. The van der Waals surface area contributed by atoms with Crippen LogP contribution < -0.4 is 4.74 Å². The highest BCUT2D eigenvalue weighted by molar-refractivity contribution is 7.89. The molecule has 1 aromatic rings. The topological polar surface area (TPSA) is 66.8 Å². The van der Waals surface area contributed by atoms with E-state index < -0.39 is 10.0 Å². The van der Waals surface area contributed by atoms with Gasteiger partial charge < -0.3 is 9.84 Å². The monoisotopic (exact) mass is 315 g/mol. The Balaban J connectivity index is 2.66. The van der Waals surface area contributed by atoms with Crippen molar-refractivity contribution in [3.8, 4) is 5.75 Å². The van der Waals surface area contributed by atoms with Gasteiger partial charge in [0.1, 0.15) is 5.75 Å². The second-order valence-corrected chi connectivity index (χ2v) is 6.98. The molecule has 0 saturated carbocycles. The van der Waals surface area contributed by atoms with Gasteiger partial charge in [0.25, 0.3) is 0 Å². The summed E-state index contributed by atoms with van der Waals surface area (Å²) in [6.07, 6.45) is 3.51. The first-order valence-corrected chi connectivity index (χ1v) is 8.76. The lowest BCUT2D eigenvalue weighted by molar-refractivity contribution is 0.233. The summed E-state index contributed by atoms with van der Waals surface area (Å²) >= 11 is 0. The van der Waals surface area contributed by atoms with Crippen LogP contribution in [-0.4, -0.2) is 44.6 Å². The molecule has 0 heterocycles. The molecule has 1 rings (SSSR count). The second kappa shape index (κ2) is 9.02. The van der Waals surface area contributed by atoms with Crippen LogP contribution in [0.3, 0.4) is 0 Å². The molecule has 1 N–H and O–H groups in total. The largest absolute Gasteiger partial charge is 0.494 e. The van der Waals surface area contributed by atoms with Crippen LogP contribution in [-0.2, 0) is 10.0 Å². The molecule has 0 unspecified atom stereocenters. The molecular formula is C15H25NO4S. The average Bonchev–Trinajstić information content (AvgIpc) is 2.48. The number of aliphatic hydroxyl groups excluding tert-OH is 1. The predicted octanol–water partition coefficient (Wildman–Crippen LogP) is 2.26. The molecule has 0 fully saturated rings. The van der Waals surface area contributed by atoms with Crippen molar-refractivity contribution in [3.63, 3.8) is 0 Å². The van der Waals surface area contributed by atoms with E-state index in [-0.39, 0.29) is 11.5 Å². The fourth-order valence-electron chi connectivity index (χ4n) is 1.85. The van der Waals surface area contributed by atoms with Crippen LogP contribution in [0.1, 0.15) is 32.6 Å². The van der Waals surface area contributed by atoms with Crippen LogP contribution in [0.5, 0.6) is 5.75 Å². The zero-order valence-corrected chi connectivity index (χ0v) is 13.6. The van der Waals surface area contributed by atoms with Gasteiger partial charge in [-0.1, -0.05) is 19.8 Å². The number of aliphatic hydroxyl groups is 1. The van der Waals surface area contributed by atoms with E-state index in [0.717, 1.165) is 19.3 Å². The highest BCUT2D eigenvalue weighted by Crippen LogP contribution is 2.19. The Morgan fingerprint density at radius 1 is 1.14 bits per heavy atom. The summed E-state index contributed by atoms with van der Waals surface area (Å²) in [5.41, 5.74) is 0. The Bertz CT molecular complexity index is 499. The van der Waals surface area contributed by atoms with Crippen LogP contribution in [0.4, 0.5) is 0 Å². The van der Waals surface area contributed by atoms with Gasteiger partial charge in [-0.2, -0.15) is 0 Å². The van der Waals surface area contributed by atoms with Crippen molar-refractivity contribution in [2.24, 2.45) is 0 Å². The van der Waals surface area contributed by atoms with Crippen molar-refractivity contribution in [2.45, 2.75) is 37.5 Å². The number of benzene rings is 1. The summed E-state index contributed by atoms with van der Waals surface area (Å²) in [4.78, 5) is 0.274. The van der Waals surface area contributed by atoms with Crippen LogP contribution in [0.15, 0.2) is 29.2 Å². The number of hydrogen-bond acceptors (Lipinski definition) is 4. The van der Waals surface area contributed by atoms with Gasteiger partial charge in [0.2, 0.25) is 10.0 Å². The lowest BCUT2D eigenvalue weighted by Gasteiger charge is -2.17. The van der Waals surface area contributed by atoms with Gasteiger partial charge in [-0.15, -0.1) is 0 Å². The average molecular weight is 315 g/mol. The van der Waals surface area contributed by atoms with E-state index in [1.165, 1.54) is 4.31 Å². The third-order valence-corrected chi connectivity index (χ3v) is 5.05. The maximum atomic E-state index is 12.4. The van der Waals surface area contributed by atoms with Crippen molar-refractivity contribution in [1.29, 1.82) is 0 Å². The summed E-state index contributed by atoms with van der Waals surface area (Å²) in [7, 11) is -1.82. The van der Waals surface area contributed by atoms with Gasteiger partial charge in [0.05, 0.1) is 11.5 Å². The van der Waals surface area contributed by atoms with Crippen molar-refractivity contribution in [1.82, 2.24) is 4.31 Å². The Labute approximate surface area is 127 Å². The van der Waals surface area contributed by atoms with E-state index in [2.05, 4.69) is 6.92 Å². The Morgan fingerprint density at radius 3 is 2.38 bits per heavy atom. The molecule has 0 saturated heterocycles. The molecule has 0 aliphatic rings. The molecule has 1 aromatic carbocycles. The second-order valence-electron chi connectivity index (χ2n) is 4.93. The van der Waals surface area contributed by atoms with Gasteiger partial charge in [-0.05, 0) is 30.7 Å². The minimum absolute atomic E-state index is 0.0784. The highest BCUT2D eigenvalue weighted by atomic mass is 32.2. The van der Waals surface area contributed by atoms with E-state index in [0.29, 0.717) is 25.3 Å². The smallest absolute Gasteiger partial charge is 0.242 e. The van der Waals surface area contributed by atoms with Crippen molar-refractivity contribution < 1.29 is 18.3 Å². The molecule has 5 nitrogen and oxygen atoms in total. The van der Waals surface area contributed by atoms with E-state index in [4.69, 9.17) is 9.84 Å². The summed E-state index contributed by atoms with van der Waals surface area (Å²) in [5.74, 6) is 0.607. The number of ether oxygens (including phenoxy) is 1. The molecule has 0 radical (unpaired) electrons. The molecule has 0 amide bonds. The Kier molecular flexibility index (Phi) is 7.71. The van der Waals surface area contributed by atoms with E-state index in [9.17, 15) is 8.42 Å². The first-order chi connectivity index (χ1) is 10.0. The molecule has 0 aliphatic carbocycles. The third kappa shape index (κ3) is 5.65. The first kappa shape index (κ1) is 17.9. The van der Waals surface area contributed by atoms with Gasteiger partial charge in [0.15, 0.2) is 0 Å². The minimum atomic E-state index is -3.42. The Morgan fingerprint density at radius 2 is 1.81 bits per heavy atom. The minimum Gasteiger partial charge on any atom is -0.494 e. The van der Waals surface area contributed by atoms with Crippen LogP contribution in [0.2, 0.25) is 0 Å². The van der Waals surface area contributed by atoms with Crippen LogP contribution in [0, 0.1) is 0 Å². The summed E-state index contributed by atoms with van der Waals surface area (Å²) < 4.78 is 31.5. The van der Waals surface area contributed by atoms with E-state index in [1.54, 1.807) is 31.3 Å². The molecule has 0 aliphatic heterocycles. The maximum absolute atomic E-state index is 12.4. The van der Waals surface area contributed by atoms with E-state index >= 15 is 0 Å². The lowest BCUT2D eigenvalue weighted by Crippen LogP contribution is -2.27. The maximum Gasteiger partial charge on any atom is 0.242 e. The van der Waals surface area contributed by atoms with Gasteiger partial charge in [-0.3, -0.25) is 0 Å². The normalized spacial score (nSPS) is 11.8. The summed E-state index contributed by atoms with van der Waals surface area (Å²) in [5, 5.41) is 8.68. The van der Waals surface area contributed by atoms with Gasteiger partial charge in [-0.25, -0.2) is 12.7 Å².